The van der Waals surface area contributed by atoms with Crippen LogP contribution in [0.15, 0.2) is 59.5 Å². The van der Waals surface area contributed by atoms with Gasteiger partial charge in [-0.25, -0.2) is 12.8 Å². The smallest absolute Gasteiger partial charge is 0.243 e. The Bertz CT molecular complexity index is 865. The van der Waals surface area contributed by atoms with Gasteiger partial charge in [0.1, 0.15) is 5.82 Å². The van der Waals surface area contributed by atoms with Gasteiger partial charge >= 0.3 is 0 Å². The van der Waals surface area contributed by atoms with Crippen molar-refractivity contribution in [2.24, 2.45) is 5.92 Å². The first-order valence-corrected chi connectivity index (χ1v) is 9.88. The monoisotopic (exact) mass is 376 g/mol. The zero-order valence-corrected chi connectivity index (χ0v) is 15.2. The number of carbonyl (C=O) groups is 1. The van der Waals surface area contributed by atoms with Gasteiger partial charge in [0.2, 0.25) is 15.9 Å². The van der Waals surface area contributed by atoms with E-state index in [1.54, 1.807) is 0 Å². The highest BCUT2D eigenvalue weighted by molar-refractivity contribution is 7.89. The van der Waals surface area contributed by atoms with Crippen LogP contribution in [0.4, 0.5) is 4.39 Å². The maximum Gasteiger partial charge on any atom is 0.243 e. The normalized spacial score (nSPS) is 15.7. The van der Waals surface area contributed by atoms with E-state index in [0.717, 1.165) is 34.8 Å². The summed E-state index contributed by atoms with van der Waals surface area (Å²) in [5.41, 5.74) is 1.02. The van der Waals surface area contributed by atoms with Crippen LogP contribution in [0, 0.1) is 11.7 Å². The van der Waals surface area contributed by atoms with Crippen molar-refractivity contribution in [3.8, 4) is 0 Å². The van der Waals surface area contributed by atoms with Crippen LogP contribution in [0.1, 0.15) is 24.4 Å². The standard InChI is InChI=1S/C19H21FN2O3S/c1-22(26(24,25)17-11-9-16(20)10-12-17)13-18(23)21-19(15-7-8-15)14-5-3-2-4-6-14/h2-6,9-12,15,19H,7-8,13H2,1H3,(H,21,23). The highest BCUT2D eigenvalue weighted by Crippen LogP contribution is 2.40. The maximum absolute atomic E-state index is 13.0. The largest absolute Gasteiger partial charge is 0.348 e. The third kappa shape index (κ3) is 4.28. The summed E-state index contributed by atoms with van der Waals surface area (Å²) in [7, 11) is -2.51. The minimum absolute atomic E-state index is 0.0454. The lowest BCUT2D eigenvalue weighted by atomic mass is 10.0. The number of nitrogens with zero attached hydrogens (tertiary/aromatic N) is 1. The van der Waals surface area contributed by atoms with Gasteiger partial charge in [-0.2, -0.15) is 4.31 Å². The topological polar surface area (TPSA) is 66.5 Å². The number of hydrogen-bond acceptors (Lipinski definition) is 3. The second kappa shape index (κ2) is 7.55. The zero-order chi connectivity index (χ0) is 18.7. The summed E-state index contributed by atoms with van der Waals surface area (Å²) >= 11 is 0. The second-order valence-electron chi connectivity index (χ2n) is 6.51. The number of amides is 1. The molecule has 1 aliphatic carbocycles. The third-order valence-electron chi connectivity index (χ3n) is 4.46. The van der Waals surface area contributed by atoms with Gasteiger partial charge in [0, 0.05) is 7.05 Å². The Morgan fingerprint density at radius 1 is 1.15 bits per heavy atom. The first-order valence-electron chi connectivity index (χ1n) is 8.44. The van der Waals surface area contributed by atoms with Crippen LogP contribution in [0.3, 0.4) is 0 Å². The van der Waals surface area contributed by atoms with Crippen molar-refractivity contribution in [3.63, 3.8) is 0 Å². The maximum atomic E-state index is 13.0. The molecule has 3 rings (SSSR count). The Balaban J connectivity index is 1.67. The minimum Gasteiger partial charge on any atom is -0.348 e. The van der Waals surface area contributed by atoms with Gasteiger partial charge in [-0.05, 0) is 48.6 Å². The summed E-state index contributed by atoms with van der Waals surface area (Å²) in [5, 5.41) is 2.95. The molecule has 0 spiro atoms. The van der Waals surface area contributed by atoms with Gasteiger partial charge < -0.3 is 5.32 Å². The molecule has 1 N–H and O–H groups in total. The van der Waals surface area contributed by atoms with Gasteiger partial charge in [0.05, 0.1) is 17.5 Å². The van der Waals surface area contributed by atoms with Crippen LogP contribution in [-0.2, 0) is 14.8 Å². The van der Waals surface area contributed by atoms with Crippen molar-refractivity contribution >= 4 is 15.9 Å². The molecule has 2 aromatic carbocycles. The van der Waals surface area contributed by atoms with Gasteiger partial charge in [0.15, 0.2) is 0 Å². The Morgan fingerprint density at radius 3 is 2.35 bits per heavy atom. The predicted molar refractivity (Wildman–Crippen MR) is 96.3 cm³/mol. The number of likely N-dealkylation sites (N-methyl/N-ethyl adjacent to an activating group) is 1. The lowest BCUT2D eigenvalue weighted by Crippen LogP contribution is -2.40. The SMILES string of the molecule is CN(CC(=O)NC(c1ccccc1)C1CC1)S(=O)(=O)c1ccc(F)cc1. The molecule has 1 atom stereocenters. The molecular formula is C19H21FN2O3S. The molecule has 7 heteroatoms. The first kappa shape index (κ1) is 18.5. The Labute approximate surface area is 152 Å². The summed E-state index contributed by atoms with van der Waals surface area (Å²) in [6.07, 6.45) is 2.09. The van der Waals surface area contributed by atoms with Gasteiger partial charge in [-0.1, -0.05) is 30.3 Å². The van der Waals surface area contributed by atoms with E-state index in [1.807, 2.05) is 30.3 Å². The molecule has 0 saturated heterocycles. The molecular weight excluding hydrogens is 355 g/mol. The van der Waals surface area contributed by atoms with Gasteiger partial charge in [-0.15, -0.1) is 0 Å². The van der Waals surface area contributed by atoms with Crippen LogP contribution in [0.5, 0.6) is 0 Å². The highest BCUT2D eigenvalue weighted by atomic mass is 32.2. The molecule has 1 amide bonds. The molecule has 1 fully saturated rings. The highest BCUT2D eigenvalue weighted by Gasteiger charge is 2.34. The molecule has 0 heterocycles. The summed E-state index contributed by atoms with van der Waals surface area (Å²) in [4.78, 5) is 12.4. The van der Waals surface area contributed by atoms with Crippen LogP contribution in [-0.4, -0.2) is 32.2 Å². The van der Waals surface area contributed by atoms with Crippen molar-refractivity contribution in [3.05, 3.63) is 66.0 Å². The lowest BCUT2D eigenvalue weighted by molar-refractivity contribution is -0.122. The fourth-order valence-electron chi connectivity index (χ4n) is 2.86. The molecule has 26 heavy (non-hydrogen) atoms. The quantitative estimate of drug-likeness (QED) is 0.808. The number of rotatable bonds is 7. The van der Waals surface area contributed by atoms with Crippen molar-refractivity contribution in [2.75, 3.05) is 13.6 Å². The molecule has 2 aromatic rings. The Morgan fingerprint density at radius 2 is 1.77 bits per heavy atom. The van der Waals surface area contributed by atoms with E-state index in [0.29, 0.717) is 5.92 Å². The van der Waals surface area contributed by atoms with E-state index in [-0.39, 0.29) is 23.4 Å². The average Bonchev–Trinajstić information content (AvgIpc) is 3.45. The average molecular weight is 376 g/mol. The molecule has 0 bridgehead atoms. The third-order valence-corrected chi connectivity index (χ3v) is 6.27. The Hall–Kier alpha value is -2.25. The summed E-state index contributed by atoms with van der Waals surface area (Å²) in [6.45, 7) is -0.296. The van der Waals surface area contributed by atoms with Crippen molar-refractivity contribution in [1.29, 1.82) is 0 Å². The molecule has 1 saturated carbocycles. The van der Waals surface area contributed by atoms with E-state index < -0.39 is 15.8 Å². The zero-order valence-electron chi connectivity index (χ0n) is 14.4. The fourth-order valence-corrected chi connectivity index (χ4v) is 3.98. The molecule has 0 aromatic heterocycles. The number of hydrogen-bond donors (Lipinski definition) is 1. The summed E-state index contributed by atoms with van der Waals surface area (Å²) in [5.74, 6) is -0.487. The van der Waals surface area contributed by atoms with Gasteiger partial charge in [-0.3, -0.25) is 4.79 Å². The van der Waals surface area contributed by atoms with Crippen LogP contribution < -0.4 is 5.32 Å². The second-order valence-corrected chi connectivity index (χ2v) is 8.55. The van der Waals surface area contributed by atoms with Crippen molar-refractivity contribution in [2.45, 2.75) is 23.8 Å². The van der Waals surface area contributed by atoms with E-state index in [4.69, 9.17) is 0 Å². The van der Waals surface area contributed by atoms with E-state index in [9.17, 15) is 17.6 Å². The van der Waals surface area contributed by atoms with Crippen LogP contribution in [0.25, 0.3) is 0 Å². The van der Waals surface area contributed by atoms with Crippen LogP contribution >= 0.6 is 0 Å². The van der Waals surface area contributed by atoms with Crippen LogP contribution in [0.2, 0.25) is 0 Å². The summed E-state index contributed by atoms with van der Waals surface area (Å²) in [6, 6.07) is 14.1. The number of benzene rings is 2. The minimum atomic E-state index is -3.85. The fraction of sp³-hybridized carbons (Fsp3) is 0.316. The molecule has 0 aliphatic heterocycles. The van der Waals surface area contributed by atoms with Gasteiger partial charge in [0.25, 0.3) is 0 Å². The molecule has 1 aliphatic rings. The van der Waals surface area contributed by atoms with E-state index in [1.165, 1.54) is 19.2 Å². The molecule has 138 valence electrons. The lowest BCUT2D eigenvalue weighted by Gasteiger charge is -2.21. The van der Waals surface area contributed by atoms with E-state index >= 15 is 0 Å². The number of halogens is 1. The van der Waals surface area contributed by atoms with Crippen molar-refractivity contribution < 1.29 is 17.6 Å². The summed E-state index contributed by atoms with van der Waals surface area (Å²) < 4.78 is 39.0. The van der Waals surface area contributed by atoms with Crippen molar-refractivity contribution in [1.82, 2.24) is 9.62 Å². The van der Waals surface area contributed by atoms with E-state index in [2.05, 4.69) is 5.32 Å². The number of nitrogens with one attached hydrogen (secondary N) is 1. The molecule has 1 unspecified atom stereocenters. The molecule has 0 radical (unpaired) electrons. The number of sulfonamides is 1. The Kier molecular flexibility index (Phi) is 5.38. The predicted octanol–water partition coefficient (Wildman–Crippen LogP) is 2.71. The number of carbonyl (C=O) groups excluding carboxylic acids is 1. The first-order chi connectivity index (χ1) is 12.4. The molecule has 5 nitrogen and oxygen atoms in total.